The van der Waals surface area contributed by atoms with Crippen LogP contribution in [0, 0.1) is 11.8 Å². The Morgan fingerprint density at radius 1 is 1.28 bits per heavy atom. The van der Waals surface area contributed by atoms with E-state index < -0.39 is 24.0 Å². The normalized spacial score (nSPS) is 21.6. The fourth-order valence-electron chi connectivity index (χ4n) is 4.61. The number of carbonyl (C=O) groups is 3. The van der Waals surface area contributed by atoms with Crippen molar-refractivity contribution in [3.63, 3.8) is 0 Å². The Bertz CT molecular complexity index is 1230. The molecule has 1 fully saturated rings. The van der Waals surface area contributed by atoms with Crippen molar-refractivity contribution in [2.45, 2.75) is 36.8 Å². The number of fused-ring (bicyclic) bond motifs is 1. The zero-order valence-corrected chi connectivity index (χ0v) is 21.8. The summed E-state index contributed by atoms with van der Waals surface area (Å²) in [5, 5.41) is 24.2. The number of thioether (sulfide) groups is 1. The molecule has 36 heavy (non-hydrogen) atoms. The number of aliphatic hydroxyl groups is 1. The molecule has 4 atom stereocenters. The van der Waals surface area contributed by atoms with Crippen LogP contribution < -0.4 is 14.8 Å². The minimum Gasteiger partial charge on any atom is -0.493 e. The highest BCUT2D eigenvalue weighted by Crippen LogP contribution is 2.52. The van der Waals surface area contributed by atoms with E-state index in [0.29, 0.717) is 33.7 Å². The number of nitrogens with one attached hydrogen (secondary N) is 1. The highest BCUT2D eigenvalue weighted by Gasteiger charge is 2.60. The van der Waals surface area contributed by atoms with Gasteiger partial charge in [-0.25, -0.2) is 9.78 Å². The fourth-order valence-corrected chi connectivity index (χ4v) is 6.68. The Kier molecular flexibility index (Phi) is 7.57. The van der Waals surface area contributed by atoms with Crippen LogP contribution in [0.3, 0.4) is 0 Å². The maximum atomic E-state index is 12.6. The van der Waals surface area contributed by atoms with E-state index >= 15 is 0 Å². The molecule has 0 unspecified atom stereocenters. The Labute approximate surface area is 216 Å². The van der Waals surface area contributed by atoms with E-state index in [9.17, 15) is 24.6 Å². The van der Waals surface area contributed by atoms with Crippen LogP contribution in [0.2, 0.25) is 0 Å². The van der Waals surface area contributed by atoms with Crippen molar-refractivity contribution in [3.8, 4) is 11.5 Å². The summed E-state index contributed by atoms with van der Waals surface area (Å²) in [6.07, 6.45) is -0.283. The molecule has 0 aliphatic carbocycles. The number of hydrogen-bond donors (Lipinski definition) is 3. The van der Waals surface area contributed by atoms with Crippen molar-refractivity contribution in [1.82, 2.24) is 15.2 Å². The standard InChI is InChI=1S/C24H27N3O7S2/c1-11-18-17(12(2)28)22(30)27(18)19(23(31)32)20(11)36-24-26-14(10-35-24)21(29)25-8-7-13-5-6-15(33-3)16(9-13)34-4/h5-6,9-12,17-18,28H,7-8H2,1-4H3,(H,25,29)(H,31,32)/t11-,12-,17-,18-/m1/s1. The zero-order valence-electron chi connectivity index (χ0n) is 20.2. The Hall–Kier alpha value is -3.09. The van der Waals surface area contributed by atoms with Crippen LogP contribution in [0.4, 0.5) is 0 Å². The van der Waals surface area contributed by atoms with E-state index in [0.717, 1.165) is 17.3 Å². The van der Waals surface area contributed by atoms with Gasteiger partial charge in [0.15, 0.2) is 15.8 Å². The van der Waals surface area contributed by atoms with Crippen LogP contribution in [-0.4, -0.2) is 70.8 Å². The molecule has 1 aromatic carbocycles. The summed E-state index contributed by atoms with van der Waals surface area (Å²) < 4.78 is 11.0. The maximum absolute atomic E-state index is 12.6. The van der Waals surface area contributed by atoms with Crippen LogP contribution in [0.15, 0.2) is 38.5 Å². The Morgan fingerprint density at radius 3 is 2.64 bits per heavy atom. The average Bonchev–Trinajstić information content (AvgIpc) is 3.40. The van der Waals surface area contributed by atoms with Crippen LogP contribution in [0.5, 0.6) is 11.5 Å². The number of amides is 2. The largest absolute Gasteiger partial charge is 0.493 e. The number of methoxy groups -OCH3 is 2. The van der Waals surface area contributed by atoms with Crippen molar-refractivity contribution >= 4 is 40.9 Å². The molecule has 2 aromatic rings. The average molecular weight is 534 g/mol. The number of ether oxygens (including phenoxy) is 2. The summed E-state index contributed by atoms with van der Waals surface area (Å²) in [6, 6.07) is 5.17. The number of aromatic nitrogens is 1. The number of thiazole rings is 1. The Morgan fingerprint density at radius 2 is 2.00 bits per heavy atom. The molecule has 3 N–H and O–H groups in total. The molecule has 3 heterocycles. The maximum Gasteiger partial charge on any atom is 0.353 e. The lowest BCUT2D eigenvalue weighted by molar-refractivity contribution is -0.163. The molecular weight excluding hydrogens is 506 g/mol. The second-order valence-electron chi connectivity index (χ2n) is 8.57. The fraction of sp³-hybridized carbons (Fsp3) is 0.417. The van der Waals surface area contributed by atoms with Gasteiger partial charge in [0, 0.05) is 22.7 Å². The summed E-state index contributed by atoms with van der Waals surface area (Å²) >= 11 is 2.38. The van der Waals surface area contributed by atoms with Crippen molar-refractivity contribution in [2.24, 2.45) is 11.8 Å². The monoisotopic (exact) mass is 533 g/mol. The van der Waals surface area contributed by atoms with E-state index in [1.54, 1.807) is 19.6 Å². The van der Waals surface area contributed by atoms with Gasteiger partial charge in [0.05, 0.1) is 32.3 Å². The lowest BCUT2D eigenvalue weighted by Gasteiger charge is -2.46. The number of aliphatic hydroxyl groups excluding tert-OH is 1. The molecule has 2 aliphatic heterocycles. The number of hydrogen-bond acceptors (Lipinski definition) is 9. The van der Waals surface area contributed by atoms with Crippen molar-refractivity contribution in [3.05, 3.63) is 45.4 Å². The Balaban J connectivity index is 1.40. The van der Waals surface area contributed by atoms with Crippen molar-refractivity contribution < 1.29 is 34.1 Å². The topological polar surface area (TPSA) is 138 Å². The first-order valence-electron chi connectivity index (χ1n) is 11.3. The summed E-state index contributed by atoms with van der Waals surface area (Å²) in [7, 11) is 3.13. The molecule has 2 aliphatic rings. The molecule has 4 rings (SSSR count). The van der Waals surface area contributed by atoms with Gasteiger partial charge in [-0.2, -0.15) is 0 Å². The second kappa shape index (κ2) is 10.5. The number of nitrogens with zero attached hydrogens (tertiary/aromatic N) is 2. The van der Waals surface area contributed by atoms with Gasteiger partial charge < -0.3 is 29.9 Å². The highest BCUT2D eigenvalue weighted by molar-refractivity contribution is 8.04. The van der Waals surface area contributed by atoms with Crippen LogP contribution in [0.25, 0.3) is 0 Å². The van der Waals surface area contributed by atoms with Gasteiger partial charge in [-0.05, 0) is 31.0 Å². The highest BCUT2D eigenvalue weighted by atomic mass is 32.2. The number of benzene rings is 1. The predicted octanol–water partition coefficient (Wildman–Crippen LogP) is 2.38. The molecule has 2 amide bonds. The number of β-lactam (4-membered cyclic amide) rings is 1. The van der Waals surface area contributed by atoms with Crippen LogP contribution >= 0.6 is 23.1 Å². The van der Waals surface area contributed by atoms with Gasteiger partial charge in [-0.1, -0.05) is 24.8 Å². The molecule has 0 spiro atoms. The van der Waals surface area contributed by atoms with Gasteiger partial charge in [-0.15, -0.1) is 11.3 Å². The third-order valence-electron chi connectivity index (χ3n) is 6.37. The third-order valence-corrected chi connectivity index (χ3v) is 8.59. The molecule has 0 bridgehead atoms. The lowest BCUT2D eigenvalue weighted by atomic mass is 9.79. The minimum atomic E-state index is -1.20. The van der Waals surface area contributed by atoms with E-state index in [1.165, 1.54) is 23.2 Å². The summed E-state index contributed by atoms with van der Waals surface area (Å²) in [5.41, 5.74) is 1.13. The van der Waals surface area contributed by atoms with E-state index in [-0.39, 0.29) is 29.1 Å². The lowest BCUT2D eigenvalue weighted by Crippen LogP contribution is -2.63. The van der Waals surface area contributed by atoms with Crippen molar-refractivity contribution in [1.29, 1.82) is 0 Å². The minimum absolute atomic E-state index is 0.0736. The summed E-state index contributed by atoms with van der Waals surface area (Å²) in [5.74, 6) is -1.58. The molecular formula is C24H27N3O7S2. The smallest absolute Gasteiger partial charge is 0.353 e. The van der Waals surface area contributed by atoms with Gasteiger partial charge in [0.1, 0.15) is 11.4 Å². The quantitative estimate of drug-likeness (QED) is 0.393. The molecule has 12 heteroatoms. The first-order chi connectivity index (χ1) is 17.2. The summed E-state index contributed by atoms with van der Waals surface area (Å²) in [6.45, 7) is 3.77. The van der Waals surface area contributed by atoms with Crippen LogP contribution in [-0.2, 0) is 16.0 Å². The number of carboxylic acid groups (broad SMARTS) is 1. The SMILES string of the molecule is COc1ccc(CCNC(=O)c2csc(SC3=C(C(=O)O)N4C(=O)[C@H]([C@@H](C)O)[C@H]4[C@H]3C)n2)cc1OC. The van der Waals surface area contributed by atoms with Gasteiger partial charge >= 0.3 is 5.97 Å². The third kappa shape index (κ3) is 4.67. The van der Waals surface area contributed by atoms with Crippen LogP contribution in [0.1, 0.15) is 29.9 Å². The summed E-state index contributed by atoms with van der Waals surface area (Å²) in [4.78, 5) is 43.2. The van der Waals surface area contributed by atoms with E-state index in [1.807, 2.05) is 25.1 Å². The number of carboxylic acids is 1. The first kappa shape index (κ1) is 26.0. The van der Waals surface area contributed by atoms with Gasteiger partial charge in [0.25, 0.3) is 5.91 Å². The number of carbonyl (C=O) groups excluding carboxylic acids is 2. The number of aliphatic carboxylic acids is 1. The molecule has 1 saturated heterocycles. The molecule has 0 radical (unpaired) electrons. The molecule has 1 aromatic heterocycles. The predicted molar refractivity (Wildman–Crippen MR) is 133 cm³/mol. The number of rotatable bonds is 10. The van der Waals surface area contributed by atoms with E-state index in [2.05, 4.69) is 10.3 Å². The van der Waals surface area contributed by atoms with E-state index in [4.69, 9.17) is 9.47 Å². The van der Waals surface area contributed by atoms with Crippen molar-refractivity contribution in [2.75, 3.05) is 20.8 Å². The van der Waals surface area contributed by atoms with Gasteiger partial charge in [-0.3, -0.25) is 9.59 Å². The molecule has 0 saturated carbocycles. The second-order valence-corrected chi connectivity index (χ2v) is 10.7. The molecule has 192 valence electrons. The molecule has 10 nitrogen and oxygen atoms in total. The zero-order chi connectivity index (χ0) is 26.1. The first-order valence-corrected chi connectivity index (χ1v) is 13.0. The van der Waals surface area contributed by atoms with Gasteiger partial charge in [0.2, 0.25) is 5.91 Å².